The zero-order valence-corrected chi connectivity index (χ0v) is 10.6. The molecule has 0 aromatic rings. The molecular formula is C13H25N3. The summed E-state index contributed by atoms with van der Waals surface area (Å²) < 4.78 is 0. The predicted molar refractivity (Wildman–Crippen MR) is 68.4 cm³/mol. The molecule has 16 heavy (non-hydrogen) atoms. The number of nitrogens with zero attached hydrogens (tertiary/aromatic N) is 1. The van der Waals surface area contributed by atoms with Crippen molar-refractivity contribution in [2.75, 3.05) is 33.2 Å². The van der Waals surface area contributed by atoms with Crippen LogP contribution >= 0.6 is 0 Å². The average Bonchev–Trinajstić information content (AvgIpc) is 2.59. The molecule has 3 nitrogen and oxygen atoms in total. The van der Waals surface area contributed by atoms with E-state index in [4.69, 9.17) is 5.73 Å². The number of rotatable bonds is 3. The van der Waals surface area contributed by atoms with E-state index < -0.39 is 0 Å². The van der Waals surface area contributed by atoms with Gasteiger partial charge in [-0.2, -0.15) is 0 Å². The molecule has 2 aliphatic rings. The van der Waals surface area contributed by atoms with Crippen LogP contribution in [-0.2, 0) is 0 Å². The molecule has 1 spiro atoms. The molecule has 1 aliphatic heterocycles. The Bertz CT molecular complexity index is 264. The number of nitrogens with one attached hydrogen (secondary N) is 1. The van der Waals surface area contributed by atoms with Crippen LogP contribution in [0.25, 0.3) is 0 Å². The van der Waals surface area contributed by atoms with Crippen molar-refractivity contribution >= 4 is 0 Å². The summed E-state index contributed by atoms with van der Waals surface area (Å²) in [6.07, 6.45) is 6.11. The Hall–Kier alpha value is -0.380. The van der Waals surface area contributed by atoms with E-state index in [9.17, 15) is 0 Å². The highest BCUT2D eigenvalue weighted by atomic mass is 15.1. The predicted octanol–water partition coefficient (Wildman–Crippen LogP) is 0.965. The Morgan fingerprint density at radius 1 is 1.50 bits per heavy atom. The Morgan fingerprint density at radius 3 is 2.81 bits per heavy atom. The topological polar surface area (TPSA) is 41.3 Å². The van der Waals surface area contributed by atoms with Crippen LogP contribution in [0.2, 0.25) is 0 Å². The second-order valence-corrected chi connectivity index (χ2v) is 5.41. The third-order valence-electron chi connectivity index (χ3n) is 4.39. The molecule has 1 atom stereocenters. The first kappa shape index (κ1) is 12.1. The lowest BCUT2D eigenvalue weighted by Crippen LogP contribution is -2.48. The standard InChI is InChI=1S/C13H25N3/c1-3-15-10-11-4-5-13(12(11)14)6-8-16(2)9-7-13/h4,12,15H,3,5-10,14H2,1-2H3. The molecule has 0 bridgehead atoms. The van der Waals surface area contributed by atoms with Crippen molar-refractivity contribution in [3.05, 3.63) is 11.6 Å². The zero-order valence-electron chi connectivity index (χ0n) is 10.6. The van der Waals surface area contributed by atoms with Gasteiger partial charge in [0.25, 0.3) is 0 Å². The maximum atomic E-state index is 6.45. The van der Waals surface area contributed by atoms with Gasteiger partial charge in [-0.3, -0.25) is 0 Å². The summed E-state index contributed by atoms with van der Waals surface area (Å²) in [6.45, 7) is 6.56. The van der Waals surface area contributed by atoms with E-state index in [0.29, 0.717) is 11.5 Å². The van der Waals surface area contributed by atoms with Gasteiger partial charge in [0.15, 0.2) is 0 Å². The molecule has 0 aromatic carbocycles. The van der Waals surface area contributed by atoms with Crippen LogP contribution in [0.3, 0.4) is 0 Å². The van der Waals surface area contributed by atoms with Crippen LogP contribution in [-0.4, -0.2) is 44.2 Å². The Kier molecular flexibility index (Phi) is 3.67. The van der Waals surface area contributed by atoms with E-state index in [-0.39, 0.29) is 0 Å². The molecule has 1 unspecified atom stereocenters. The van der Waals surface area contributed by atoms with E-state index in [1.54, 1.807) is 0 Å². The van der Waals surface area contributed by atoms with Crippen molar-refractivity contribution in [3.63, 3.8) is 0 Å². The first-order valence-corrected chi connectivity index (χ1v) is 6.52. The Labute approximate surface area is 99.1 Å². The molecule has 1 aliphatic carbocycles. The molecule has 0 aromatic heterocycles. The van der Waals surface area contributed by atoms with Crippen molar-refractivity contribution in [2.24, 2.45) is 11.1 Å². The summed E-state index contributed by atoms with van der Waals surface area (Å²) in [6, 6.07) is 0.292. The van der Waals surface area contributed by atoms with Crippen LogP contribution < -0.4 is 11.1 Å². The molecular weight excluding hydrogens is 198 g/mol. The molecule has 92 valence electrons. The van der Waals surface area contributed by atoms with E-state index in [0.717, 1.165) is 13.1 Å². The molecule has 2 rings (SSSR count). The van der Waals surface area contributed by atoms with Gasteiger partial charge in [0, 0.05) is 12.6 Å². The number of hydrogen-bond donors (Lipinski definition) is 2. The minimum Gasteiger partial charge on any atom is -0.324 e. The van der Waals surface area contributed by atoms with Crippen molar-refractivity contribution in [2.45, 2.75) is 32.2 Å². The monoisotopic (exact) mass is 223 g/mol. The number of piperidine rings is 1. The van der Waals surface area contributed by atoms with E-state index >= 15 is 0 Å². The van der Waals surface area contributed by atoms with E-state index in [1.807, 2.05) is 0 Å². The number of likely N-dealkylation sites (N-methyl/N-ethyl adjacent to an activating group) is 1. The summed E-state index contributed by atoms with van der Waals surface area (Å²) in [5.41, 5.74) is 8.27. The fraction of sp³-hybridized carbons (Fsp3) is 0.846. The van der Waals surface area contributed by atoms with Gasteiger partial charge in [-0.05, 0) is 56.9 Å². The molecule has 3 N–H and O–H groups in total. The highest BCUT2D eigenvalue weighted by molar-refractivity contribution is 5.25. The third-order valence-corrected chi connectivity index (χ3v) is 4.39. The van der Waals surface area contributed by atoms with E-state index in [2.05, 4.69) is 30.3 Å². The largest absolute Gasteiger partial charge is 0.324 e. The van der Waals surface area contributed by atoms with Crippen LogP contribution in [0.5, 0.6) is 0 Å². The minimum atomic E-state index is 0.292. The molecule has 3 heteroatoms. The van der Waals surface area contributed by atoms with Gasteiger partial charge in [0.2, 0.25) is 0 Å². The second kappa shape index (κ2) is 4.86. The molecule has 1 fully saturated rings. The molecule has 0 radical (unpaired) electrons. The summed E-state index contributed by atoms with van der Waals surface area (Å²) in [5, 5.41) is 3.39. The van der Waals surface area contributed by atoms with Gasteiger partial charge in [-0.25, -0.2) is 0 Å². The van der Waals surface area contributed by atoms with E-state index in [1.165, 1.54) is 37.9 Å². The normalized spacial score (nSPS) is 29.7. The highest BCUT2D eigenvalue weighted by Crippen LogP contribution is 2.44. The summed E-state index contributed by atoms with van der Waals surface area (Å²) >= 11 is 0. The van der Waals surface area contributed by atoms with Gasteiger partial charge in [-0.15, -0.1) is 0 Å². The van der Waals surface area contributed by atoms with Crippen molar-refractivity contribution < 1.29 is 0 Å². The zero-order chi connectivity index (χ0) is 11.6. The maximum absolute atomic E-state index is 6.45. The van der Waals surface area contributed by atoms with Gasteiger partial charge < -0.3 is 16.0 Å². The number of likely N-dealkylation sites (tertiary alicyclic amines) is 1. The average molecular weight is 223 g/mol. The third kappa shape index (κ3) is 2.17. The number of allylic oxidation sites excluding steroid dienone is 1. The van der Waals surface area contributed by atoms with Crippen LogP contribution in [0.1, 0.15) is 26.2 Å². The molecule has 1 saturated heterocycles. The molecule has 1 heterocycles. The van der Waals surface area contributed by atoms with Crippen LogP contribution in [0.15, 0.2) is 11.6 Å². The Morgan fingerprint density at radius 2 is 2.19 bits per heavy atom. The summed E-state index contributed by atoms with van der Waals surface area (Å²) in [7, 11) is 2.21. The first-order valence-electron chi connectivity index (χ1n) is 6.52. The fourth-order valence-electron chi connectivity index (χ4n) is 3.01. The van der Waals surface area contributed by atoms with Crippen molar-refractivity contribution in [1.29, 1.82) is 0 Å². The quantitative estimate of drug-likeness (QED) is 0.700. The molecule has 0 amide bonds. The van der Waals surface area contributed by atoms with Crippen LogP contribution in [0, 0.1) is 5.41 Å². The lowest BCUT2D eigenvalue weighted by Gasteiger charge is -2.41. The van der Waals surface area contributed by atoms with Crippen molar-refractivity contribution in [1.82, 2.24) is 10.2 Å². The van der Waals surface area contributed by atoms with Gasteiger partial charge in [0.1, 0.15) is 0 Å². The maximum Gasteiger partial charge on any atom is 0.0327 e. The number of nitrogens with two attached hydrogens (primary N) is 1. The highest BCUT2D eigenvalue weighted by Gasteiger charge is 2.43. The lowest BCUT2D eigenvalue weighted by atomic mass is 9.72. The Balaban J connectivity index is 1.95. The number of hydrogen-bond acceptors (Lipinski definition) is 3. The van der Waals surface area contributed by atoms with Crippen molar-refractivity contribution in [3.8, 4) is 0 Å². The molecule has 0 saturated carbocycles. The van der Waals surface area contributed by atoms with Gasteiger partial charge in [0.05, 0.1) is 0 Å². The lowest BCUT2D eigenvalue weighted by molar-refractivity contribution is 0.116. The van der Waals surface area contributed by atoms with Gasteiger partial charge in [-0.1, -0.05) is 13.0 Å². The fourth-order valence-corrected chi connectivity index (χ4v) is 3.01. The smallest absolute Gasteiger partial charge is 0.0327 e. The summed E-state index contributed by atoms with van der Waals surface area (Å²) in [4.78, 5) is 2.42. The first-order chi connectivity index (χ1) is 7.68. The van der Waals surface area contributed by atoms with Crippen LogP contribution in [0.4, 0.5) is 0 Å². The summed E-state index contributed by atoms with van der Waals surface area (Å²) in [5.74, 6) is 0. The minimum absolute atomic E-state index is 0.292. The second-order valence-electron chi connectivity index (χ2n) is 5.41. The SMILES string of the molecule is CCNCC1=CCC2(CCN(C)CC2)C1N. The van der Waals surface area contributed by atoms with Gasteiger partial charge >= 0.3 is 0 Å².